The molecule has 0 aliphatic carbocycles. The fourth-order valence-corrected chi connectivity index (χ4v) is 2.49. The number of amides is 1. The Morgan fingerprint density at radius 3 is 2.62 bits per heavy atom. The molecule has 1 amide bonds. The van der Waals surface area contributed by atoms with E-state index in [1.807, 2.05) is 30.3 Å². The summed E-state index contributed by atoms with van der Waals surface area (Å²) in [5.41, 5.74) is 3.23. The van der Waals surface area contributed by atoms with E-state index in [1.165, 1.54) is 18.0 Å². The average Bonchev–Trinajstić information content (AvgIpc) is 2.50. The van der Waals surface area contributed by atoms with Gasteiger partial charge in [0.2, 0.25) is 5.91 Å². The van der Waals surface area contributed by atoms with Gasteiger partial charge in [-0.15, -0.1) is 11.8 Å². The van der Waals surface area contributed by atoms with Crippen molar-refractivity contribution in [3.05, 3.63) is 64.1 Å². The van der Waals surface area contributed by atoms with Gasteiger partial charge in [-0.1, -0.05) is 47.5 Å². The van der Waals surface area contributed by atoms with E-state index in [4.69, 9.17) is 23.2 Å². The van der Waals surface area contributed by atoms with Crippen molar-refractivity contribution >= 4 is 47.1 Å². The zero-order chi connectivity index (χ0) is 15.1. The van der Waals surface area contributed by atoms with Crippen LogP contribution >= 0.6 is 35.0 Å². The van der Waals surface area contributed by atoms with Gasteiger partial charge in [-0.05, 0) is 29.8 Å². The third kappa shape index (κ3) is 5.42. The molecule has 0 aromatic heterocycles. The highest BCUT2D eigenvalue weighted by molar-refractivity contribution is 8.00. The molecule has 0 aliphatic rings. The first-order valence-electron chi connectivity index (χ1n) is 6.10. The molecule has 1 N–H and O–H groups in total. The van der Waals surface area contributed by atoms with Gasteiger partial charge >= 0.3 is 0 Å². The summed E-state index contributed by atoms with van der Waals surface area (Å²) in [6, 6.07) is 14.8. The summed E-state index contributed by atoms with van der Waals surface area (Å²) in [4.78, 5) is 12.7. The zero-order valence-electron chi connectivity index (χ0n) is 10.9. The minimum Gasteiger partial charge on any atom is -0.272 e. The number of rotatable bonds is 5. The van der Waals surface area contributed by atoms with Crippen molar-refractivity contribution in [2.75, 3.05) is 5.75 Å². The lowest BCUT2D eigenvalue weighted by molar-refractivity contribution is -0.118. The lowest BCUT2D eigenvalue weighted by Crippen LogP contribution is -2.19. The second-order valence-electron chi connectivity index (χ2n) is 4.07. The summed E-state index contributed by atoms with van der Waals surface area (Å²) >= 11 is 13.2. The molecule has 0 saturated carbocycles. The van der Waals surface area contributed by atoms with Crippen LogP contribution in [0.25, 0.3) is 0 Å². The molecule has 0 saturated heterocycles. The highest BCUT2D eigenvalue weighted by Gasteiger charge is 2.01. The summed E-state index contributed by atoms with van der Waals surface area (Å²) in [6.45, 7) is 0. The van der Waals surface area contributed by atoms with Crippen LogP contribution in [0.2, 0.25) is 10.0 Å². The monoisotopic (exact) mass is 338 g/mol. The second-order valence-corrected chi connectivity index (χ2v) is 5.93. The van der Waals surface area contributed by atoms with Gasteiger partial charge in [-0.2, -0.15) is 5.10 Å². The van der Waals surface area contributed by atoms with Crippen LogP contribution in [-0.2, 0) is 4.79 Å². The topological polar surface area (TPSA) is 41.5 Å². The van der Waals surface area contributed by atoms with Crippen molar-refractivity contribution in [1.82, 2.24) is 5.43 Å². The number of benzene rings is 2. The maximum Gasteiger partial charge on any atom is 0.250 e. The molecule has 3 nitrogen and oxygen atoms in total. The molecular formula is C15H12Cl2N2OS. The second kappa shape index (κ2) is 8.08. The predicted molar refractivity (Wildman–Crippen MR) is 89.4 cm³/mol. The van der Waals surface area contributed by atoms with Gasteiger partial charge in [0.25, 0.3) is 0 Å². The van der Waals surface area contributed by atoms with E-state index in [0.29, 0.717) is 15.8 Å². The quantitative estimate of drug-likeness (QED) is 0.503. The van der Waals surface area contributed by atoms with Crippen LogP contribution in [0.15, 0.2) is 58.5 Å². The van der Waals surface area contributed by atoms with Crippen molar-refractivity contribution in [3.8, 4) is 0 Å². The van der Waals surface area contributed by atoms with E-state index in [-0.39, 0.29) is 5.91 Å². The third-order valence-corrected chi connectivity index (χ3v) is 4.21. The van der Waals surface area contributed by atoms with E-state index < -0.39 is 0 Å². The fraction of sp³-hybridized carbons (Fsp3) is 0.0667. The molecule has 2 aromatic rings. The number of thioether (sulfide) groups is 1. The summed E-state index contributed by atoms with van der Waals surface area (Å²) in [5.74, 6) is 0.142. The number of nitrogens with zero attached hydrogens (tertiary/aromatic N) is 1. The van der Waals surface area contributed by atoms with Gasteiger partial charge < -0.3 is 0 Å². The van der Waals surface area contributed by atoms with Crippen molar-refractivity contribution in [3.63, 3.8) is 0 Å². The highest BCUT2D eigenvalue weighted by atomic mass is 35.5. The number of hydrogen-bond donors (Lipinski definition) is 1. The molecule has 0 unspecified atom stereocenters. The Hall–Kier alpha value is -1.49. The number of carbonyl (C=O) groups excluding carboxylic acids is 1. The average molecular weight is 339 g/mol. The first-order chi connectivity index (χ1) is 10.1. The van der Waals surface area contributed by atoms with Gasteiger partial charge in [0.05, 0.1) is 22.0 Å². The highest BCUT2D eigenvalue weighted by Crippen LogP contribution is 2.21. The van der Waals surface area contributed by atoms with E-state index in [2.05, 4.69) is 10.5 Å². The van der Waals surface area contributed by atoms with E-state index in [0.717, 1.165) is 10.5 Å². The normalized spacial score (nSPS) is 10.8. The minimum atomic E-state index is -0.167. The number of hydrazone groups is 1. The lowest BCUT2D eigenvalue weighted by atomic mass is 10.2. The van der Waals surface area contributed by atoms with Crippen molar-refractivity contribution in [1.29, 1.82) is 0 Å². The molecule has 2 rings (SSSR count). The molecule has 0 heterocycles. The maximum atomic E-state index is 11.6. The van der Waals surface area contributed by atoms with E-state index >= 15 is 0 Å². The van der Waals surface area contributed by atoms with Crippen LogP contribution in [0.5, 0.6) is 0 Å². The first kappa shape index (κ1) is 15.9. The Balaban J connectivity index is 1.80. The van der Waals surface area contributed by atoms with Crippen LogP contribution in [0, 0.1) is 0 Å². The SMILES string of the molecule is O=C(CSc1ccccc1)N/N=C\c1ccc(Cl)c(Cl)c1. The summed E-state index contributed by atoms with van der Waals surface area (Å²) < 4.78 is 0. The van der Waals surface area contributed by atoms with Gasteiger partial charge in [-0.3, -0.25) is 4.79 Å². The molecule has 108 valence electrons. The Morgan fingerprint density at radius 1 is 1.14 bits per heavy atom. The standard InChI is InChI=1S/C15H12Cl2N2OS/c16-13-7-6-11(8-14(13)17)9-18-19-15(20)10-21-12-4-2-1-3-5-12/h1-9H,10H2,(H,19,20)/b18-9-. The van der Waals surface area contributed by atoms with Gasteiger partial charge in [0.15, 0.2) is 0 Å². The Morgan fingerprint density at radius 2 is 1.90 bits per heavy atom. The molecule has 0 fully saturated rings. The molecule has 6 heteroatoms. The van der Waals surface area contributed by atoms with Gasteiger partial charge in [0, 0.05) is 4.90 Å². The molecule has 0 aliphatic heterocycles. The van der Waals surface area contributed by atoms with E-state index in [9.17, 15) is 4.79 Å². The number of hydrogen-bond acceptors (Lipinski definition) is 3. The Kier molecular flexibility index (Phi) is 6.11. The van der Waals surface area contributed by atoms with Gasteiger partial charge in [0.1, 0.15) is 0 Å². The van der Waals surface area contributed by atoms with Crippen LogP contribution in [0.3, 0.4) is 0 Å². The molecule has 0 spiro atoms. The van der Waals surface area contributed by atoms with Crippen LogP contribution in [-0.4, -0.2) is 17.9 Å². The molecular weight excluding hydrogens is 327 g/mol. The molecule has 0 radical (unpaired) electrons. The lowest BCUT2D eigenvalue weighted by Gasteiger charge is -2.01. The smallest absolute Gasteiger partial charge is 0.250 e. The molecule has 21 heavy (non-hydrogen) atoms. The van der Waals surface area contributed by atoms with Crippen molar-refractivity contribution in [2.24, 2.45) is 5.10 Å². The van der Waals surface area contributed by atoms with Crippen molar-refractivity contribution in [2.45, 2.75) is 4.90 Å². The Bertz CT molecular complexity index is 647. The molecule has 0 bridgehead atoms. The third-order valence-electron chi connectivity index (χ3n) is 2.46. The number of halogens is 2. The van der Waals surface area contributed by atoms with Crippen molar-refractivity contribution < 1.29 is 4.79 Å². The molecule has 0 atom stereocenters. The summed E-state index contributed by atoms with van der Waals surface area (Å²) in [5, 5.41) is 4.82. The van der Waals surface area contributed by atoms with Crippen LogP contribution in [0.4, 0.5) is 0 Å². The van der Waals surface area contributed by atoms with E-state index in [1.54, 1.807) is 18.2 Å². The zero-order valence-corrected chi connectivity index (χ0v) is 13.3. The largest absolute Gasteiger partial charge is 0.272 e. The van der Waals surface area contributed by atoms with Crippen LogP contribution < -0.4 is 5.43 Å². The summed E-state index contributed by atoms with van der Waals surface area (Å²) in [6.07, 6.45) is 1.52. The van der Waals surface area contributed by atoms with Crippen LogP contribution in [0.1, 0.15) is 5.56 Å². The number of carbonyl (C=O) groups is 1. The number of nitrogens with one attached hydrogen (secondary N) is 1. The molecule has 2 aromatic carbocycles. The predicted octanol–water partition coefficient (Wildman–Crippen LogP) is 4.24. The van der Waals surface area contributed by atoms with Gasteiger partial charge in [-0.25, -0.2) is 5.43 Å². The first-order valence-corrected chi connectivity index (χ1v) is 7.84. The maximum absolute atomic E-state index is 11.6. The fourth-order valence-electron chi connectivity index (χ4n) is 1.47. The Labute approximate surface area is 137 Å². The summed E-state index contributed by atoms with van der Waals surface area (Å²) in [7, 11) is 0. The minimum absolute atomic E-state index is 0.167.